The van der Waals surface area contributed by atoms with Crippen LogP contribution in [0.3, 0.4) is 0 Å². The van der Waals surface area contributed by atoms with Crippen molar-refractivity contribution >= 4 is 29.2 Å². The molecule has 0 saturated heterocycles. The fraction of sp³-hybridized carbons (Fsp3) is 0.619. The summed E-state index contributed by atoms with van der Waals surface area (Å²) in [7, 11) is 0. The first-order chi connectivity index (χ1) is 12.7. The molecule has 4 atom stereocenters. The summed E-state index contributed by atoms with van der Waals surface area (Å²) in [6, 6.07) is 3.72. The molecule has 0 spiro atoms. The smallest absolute Gasteiger partial charge is 0.312 e. The maximum absolute atomic E-state index is 12.8. The molecule has 4 aliphatic carbocycles. The number of aliphatic hydroxyl groups is 1. The predicted octanol–water partition coefficient (Wildman–Crippen LogP) is 3.77. The zero-order chi connectivity index (χ0) is 19.4. The van der Waals surface area contributed by atoms with Crippen LogP contribution in [0.2, 0.25) is 5.02 Å². The second-order valence-electron chi connectivity index (χ2n) is 9.03. The van der Waals surface area contributed by atoms with Crippen molar-refractivity contribution in [3.8, 4) is 0 Å². The average molecular weight is 392 g/mol. The summed E-state index contributed by atoms with van der Waals surface area (Å²) in [6.07, 6.45) is 4.71. The number of nitrogens with one attached hydrogen (secondary N) is 1. The highest BCUT2D eigenvalue weighted by atomic mass is 35.5. The molecule has 1 aromatic carbocycles. The van der Waals surface area contributed by atoms with Gasteiger partial charge in [0.1, 0.15) is 0 Å². The molecule has 4 aliphatic rings. The van der Waals surface area contributed by atoms with E-state index in [9.17, 15) is 14.7 Å². The number of esters is 1. The van der Waals surface area contributed by atoms with Crippen LogP contribution in [0.25, 0.3) is 0 Å². The molecule has 0 aromatic heterocycles. The summed E-state index contributed by atoms with van der Waals surface area (Å²) in [4.78, 5) is 25.1. The van der Waals surface area contributed by atoms with Gasteiger partial charge in [0.25, 0.3) is 5.91 Å². The monoisotopic (exact) mass is 391 g/mol. The average Bonchev–Trinajstić information content (AvgIpc) is 2.53. The Bertz CT molecular complexity index is 768. The Kier molecular flexibility index (Phi) is 4.51. The Balaban J connectivity index is 1.39. The highest BCUT2D eigenvalue weighted by molar-refractivity contribution is 6.34. The number of anilines is 1. The van der Waals surface area contributed by atoms with E-state index in [2.05, 4.69) is 5.32 Å². The van der Waals surface area contributed by atoms with Gasteiger partial charge in [0, 0.05) is 0 Å². The highest BCUT2D eigenvalue weighted by Crippen LogP contribution is 2.61. The van der Waals surface area contributed by atoms with Crippen molar-refractivity contribution in [2.75, 3.05) is 11.9 Å². The van der Waals surface area contributed by atoms with Crippen LogP contribution in [0, 0.1) is 31.1 Å². The molecule has 0 radical (unpaired) electrons. The van der Waals surface area contributed by atoms with Gasteiger partial charge in [-0.25, -0.2) is 0 Å². The van der Waals surface area contributed by atoms with Crippen molar-refractivity contribution in [3.63, 3.8) is 0 Å². The molecule has 1 amide bonds. The van der Waals surface area contributed by atoms with Gasteiger partial charge in [0.15, 0.2) is 6.61 Å². The number of amides is 1. The van der Waals surface area contributed by atoms with Gasteiger partial charge in [-0.1, -0.05) is 17.7 Å². The van der Waals surface area contributed by atoms with Crippen LogP contribution < -0.4 is 5.32 Å². The van der Waals surface area contributed by atoms with E-state index in [-0.39, 0.29) is 12.6 Å². The molecule has 5 rings (SSSR count). The molecule has 4 saturated carbocycles. The number of hydrogen-bond donors (Lipinski definition) is 2. The quantitative estimate of drug-likeness (QED) is 0.766. The third kappa shape index (κ3) is 3.47. The molecule has 4 fully saturated rings. The third-order valence-electron chi connectivity index (χ3n) is 6.49. The Hall–Kier alpha value is -1.59. The standard InChI is InChI=1S/C21H26ClNO4/c1-12-3-13(2)18(16(22)4-12)23-17(24)10-27-19(25)20-6-14-5-15(7-20)9-21(26,8-14)11-20/h3-4,14-15,26H,5-11H2,1-2H3,(H,23,24)/t14-,15+,20?,21?. The summed E-state index contributed by atoms with van der Waals surface area (Å²) in [5, 5.41) is 14.0. The summed E-state index contributed by atoms with van der Waals surface area (Å²) < 4.78 is 5.40. The molecular formula is C21H26ClNO4. The lowest BCUT2D eigenvalue weighted by Crippen LogP contribution is -2.58. The van der Waals surface area contributed by atoms with E-state index in [0.29, 0.717) is 29.0 Å². The van der Waals surface area contributed by atoms with Gasteiger partial charge >= 0.3 is 5.97 Å². The molecule has 2 unspecified atom stereocenters. The molecule has 2 N–H and O–H groups in total. The van der Waals surface area contributed by atoms with Crippen molar-refractivity contribution in [2.45, 2.75) is 58.0 Å². The number of aryl methyl sites for hydroxylation is 2. The molecule has 27 heavy (non-hydrogen) atoms. The molecule has 146 valence electrons. The van der Waals surface area contributed by atoms with Gasteiger partial charge < -0.3 is 15.2 Å². The number of carbonyl (C=O) groups is 2. The fourth-order valence-electron chi connectivity index (χ4n) is 5.99. The van der Waals surface area contributed by atoms with Crippen LogP contribution in [-0.4, -0.2) is 29.2 Å². The second kappa shape index (κ2) is 6.49. The van der Waals surface area contributed by atoms with Crippen molar-refractivity contribution in [1.29, 1.82) is 0 Å². The minimum Gasteiger partial charge on any atom is -0.455 e. The van der Waals surface area contributed by atoms with Crippen LogP contribution in [0.1, 0.15) is 49.7 Å². The van der Waals surface area contributed by atoms with Gasteiger partial charge in [-0.05, 0) is 81.4 Å². The number of halogens is 1. The van der Waals surface area contributed by atoms with E-state index >= 15 is 0 Å². The van der Waals surface area contributed by atoms with Crippen LogP contribution >= 0.6 is 11.6 Å². The van der Waals surface area contributed by atoms with Gasteiger partial charge in [0.2, 0.25) is 0 Å². The number of carbonyl (C=O) groups excluding carboxylic acids is 2. The SMILES string of the molecule is Cc1cc(C)c(NC(=O)COC(=O)C23C[C@@H]4C[C@@H](CC(O)(C4)C2)C3)c(Cl)c1. The second-order valence-corrected chi connectivity index (χ2v) is 9.44. The summed E-state index contributed by atoms with van der Waals surface area (Å²) >= 11 is 6.22. The van der Waals surface area contributed by atoms with Gasteiger partial charge in [0.05, 0.1) is 21.7 Å². The van der Waals surface area contributed by atoms with E-state index in [1.165, 1.54) is 0 Å². The van der Waals surface area contributed by atoms with Gasteiger partial charge in [-0.15, -0.1) is 0 Å². The minimum absolute atomic E-state index is 0.335. The van der Waals surface area contributed by atoms with E-state index in [1.54, 1.807) is 6.07 Å². The van der Waals surface area contributed by atoms with E-state index in [0.717, 1.165) is 43.2 Å². The third-order valence-corrected chi connectivity index (χ3v) is 6.79. The molecule has 6 heteroatoms. The Morgan fingerprint density at radius 1 is 1.22 bits per heavy atom. The number of ether oxygens (including phenoxy) is 1. The number of rotatable bonds is 4. The number of benzene rings is 1. The lowest BCUT2D eigenvalue weighted by atomic mass is 9.48. The first kappa shape index (κ1) is 18.8. The van der Waals surface area contributed by atoms with Crippen LogP contribution in [-0.2, 0) is 14.3 Å². The fourth-order valence-corrected chi connectivity index (χ4v) is 6.36. The summed E-state index contributed by atoms with van der Waals surface area (Å²) in [5.41, 5.74) is 1.09. The maximum Gasteiger partial charge on any atom is 0.312 e. The zero-order valence-corrected chi connectivity index (χ0v) is 16.6. The van der Waals surface area contributed by atoms with Crippen LogP contribution in [0.4, 0.5) is 5.69 Å². The van der Waals surface area contributed by atoms with Crippen molar-refractivity contribution in [2.24, 2.45) is 17.3 Å². The van der Waals surface area contributed by atoms with E-state index in [4.69, 9.17) is 16.3 Å². The first-order valence-electron chi connectivity index (χ1n) is 9.64. The first-order valence-corrected chi connectivity index (χ1v) is 10.0. The molecular weight excluding hydrogens is 366 g/mol. The molecule has 0 aliphatic heterocycles. The summed E-state index contributed by atoms with van der Waals surface area (Å²) in [5.74, 6) is 0.0517. The molecule has 1 aromatic rings. The zero-order valence-electron chi connectivity index (χ0n) is 15.8. The Morgan fingerprint density at radius 3 is 2.48 bits per heavy atom. The van der Waals surface area contributed by atoms with Crippen LogP contribution in [0.5, 0.6) is 0 Å². The van der Waals surface area contributed by atoms with Crippen molar-refractivity contribution < 1.29 is 19.4 Å². The van der Waals surface area contributed by atoms with Crippen molar-refractivity contribution in [3.05, 3.63) is 28.3 Å². The molecule has 4 bridgehead atoms. The largest absolute Gasteiger partial charge is 0.455 e. The molecule has 5 nitrogen and oxygen atoms in total. The van der Waals surface area contributed by atoms with E-state index in [1.807, 2.05) is 19.9 Å². The van der Waals surface area contributed by atoms with Gasteiger partial charge in [-0.3, -0.25) is 9.59 Å². The number of hydrogen-bond acceptors (Lipinski definition) is 4. The Morgan fingerprint density at radius 2 is 1.89 bits per heavy atom. The Labute approximate surface area is 164 Å². The van der Waals surface area contributed by atoms with Gasteiger partial charge in [-0.2, -0.15) is 0 Å². The molecule has 0 heterocycles. The van der Waals surface area contributed by atoms with Crippen molar-refractivity contribution in [1.82, 2.24) is 0 Å². The predicted molar refractivity (Wildman–Crippen MR) is 103 cm³/mol. The highest BCUT2D eigenvalue weighted by Gasteiger charge is 2.60. The topological polar surface area (TPSA) is 75.6 Å². The maximum atomic E-state index is 12.8. The minimum atomic E-state index is -0.724. The normalized spacial score (nSPS) is 33.8. The van der Waals surface area contributed by atoms with E-state index < -0.39 is 16.9 Å². The lowest BCUT2D eigenvalue weighted by Gasteiger charge is -2.58. The van der Waals surface area contributed by atoms with Crippen LogP contribution in [0.15, 0.2) is 12.1 Å². The lowest BCUT2D eigenvalue weighted by molar-refractivity contribution is -0.196. The summed E-state index contributed by atoms with van der Waals surface area (Å²) in [6.45, 7) is 3.47.